The molecule has 2 aromatic carbocycles. The van der Waals surface area contributed by atoms with Crippen LogP contribution in [0.2, 0.25) is 0 Å². The van der Waals surface area contributed by atoms with Gasteiger partial charge in [0.2, 0.25) is 0 Å². The van der Waals surface area contributed by atoms with Crippen molar-refractivity contribution in [2.24, 2.45) is 0 Å². The van der Waals surface area contributed by atoms with Crippen LogP contribution in [0.25, 0.3) is 0 Å². The zero-order valence-electron chi connectivity index (χ0n) is 15.3. The van der Waals surface area contributed by atoms with Gasteiger partial charge < -0.3 is 20.5 Å². The molecule has 1 amide bonds. The van der Waals surface area contributed by atoms with Crippen LogP contribution in [0.15, 0.2) is 36.4 Å². The van der Waals surface area contributed by atoms with Crippen molar-refractivity contribution in [2.45, 2.75) is 27.2 Å². The summed E-state index contributed by atoms with van der Waals surface area (Å²) in [4.78, 5) is 24.0. The third kappa shape index (κ3) is 5.24. The molecule has 6 nitrogen and oxygen atoms in total. The second kappa shape index (κ2) is 8.89. The number of nitrogens with one attached hydrogen (secondary N) is 1. The van der Waals surface area contributed by atoms with Gasteiger partial charge in [0, 0.05) is 5.69 Å². The van der Waals surface area contributed by atoms with Gasteiger partial charge in [-0.15, -0.1) is 0 Å². The minimum absolute atomic E-state index is 0.218. The molecule has 0 atom stereocenters. The first-order valence-electron chi connectivity index (χ1n) is 8.47. The molecule has 0 aliphatic heterocycles. The van der Waals surface area contributed by atoms with Crippen molar-refractivity contribution < 1.29 is 19.1 Å². The molecule has 2 aromatic rings. The third-order valence-corrected chi connectivity index (χ3v) is 3.84. The van der Waals surface area contributed by atoms with E-state index < -0.39 is 5.97 Å². The van der Waals surface area contributed by atoms with Crippen LogP contribution in [-0.4, -0.2) is 25.1 Å². The van der Waals surface area contributed by atoms with Gasteiger partial charge in [-0.05, 0) is 61.7 Å². The highest BCUT2D eigenvalue weighted by Gasteiger charge is 2.12. The van der Waals surface area contributed by atoms with Gasteiger partial charge in [0.15, 0.2) is 6.61 Å². The lowest BCUT2D eigenvalue weighted by Crippen LogP contribution is -2.20. The van der Waals surface area contributed by atoms with E-state index in [4.69, 9.17) is 15.2 Å². The SMILES string of the molecule is CCCOC(=O)c1ccc(N)c(OCC(=O)Nc2ccc(C)c(C)c2)c1. The van der Waals surface area contributed by atoms with Crippen molar-refractivity contribution in [3.63, 3.8) is 0 Å². The highest BCUT2D eigenvalue weighted by molar-refractivity contribution is 5.92. The molecule has 138 valence electrons. The lowest BCUT2D eigenvalue weighted by atomic mass is 10.1. The Balaban J connectivity index is 1.98. The number of esters is 1. The minimum atomic E-state index is -0.448. The molecule has 2 rings (SSSR count). The molecule has 6 heteroatoms. The quantitative estimate of drug-likeness (QED) is 0.585. The lowest BCUT2D eigenvalue weighted by Gasteiger charge is -2.11. The molecular formula is C20H24N2O4. The second-order valence-corrected chi connectivity index (χ2v) is 6.02. The highest BCUT2D eigenvalue weighted by atomic mass is 16.5. The average molecular weight is 356 g/mol. The van der Waals surface area contributed by atoms with Gasteiger partial charge in [-0.1, -0.05) is 13.0 Å². The molecule has 3 N–H and O–H groups in total. The zero-order valence-corrected chi connectivity index (χ0v) is 15.3. The largest absolute Gasteiger partial charge is 0.482 e. The summed E-state index contributed by atoms with van der Waals surface area (Å²) < 4.78 is 10.6. The predicted octanol–water partition coefficient (Wildman–Crippen LogP) is 3.47. The van der Waals surface area contributed by atoms with E-state index in [0.717, 1.165) is 17.5 Å². The highest BCUT2D eigenvalue weighted by Crippen LogP contribution is 2.23. The van der Waals surface area contributed by atoms with Gasteiger partial charge in [-0.25, -0.2) is 4.79 Å². The Bertz CT molecular complexity index is 802. The van der Waals surface area contributed by atoms with Crippen LogP contribution in [0.3, 0.4) is 0 Å². The second-order valence-electron chi connectivity index (χ2n) is 6.02. The number of ether oxygens (including phenoxy) is 2. The fourth-order valence-electron chi connectivity index (χ4n) is 2.22. The number of amides is 1. The van der Waals surface area contributed by atoms with Crippen molar-refractivity contribution in [3.8, 4) is 5.75 Å². The van der Waals surface area contributed by atoms with E-state index in [-0.39, 0.29) is 18.3 Å². The predicted molar refractivity (Wildman–Crippen MR) is 101 cm³/mol. The number of anilines is 2. The van der Waals surface area contributed by atoms with Crippen molar-refractivity contribution in [2.75, 3.05) is 24.3 Å². The standard InChI is InChI=1S/C20H24N2O4/c1-4-9-25-20(24)15-6-8-17(21)18(11-15)26-12-19(23)22-16-7-5-13(2)14(3)10-16/h5-8,10-11H,4,9,12,21H2,1-3H3,(H,22,23). The van der Waals surface area contributed by atoms with Crippen LogP contribution in [0.4, 0.5) is 11.4 Å². The summed E-state index contributed by atoms with van der Waals surface area (Å²) in [6.45, 7) is 6.03. The summed E-state index contributed by atoms with van der Waals surface area (Å²) in [6.07, 6.45) is 0.739. The van der Waals surface area contributed by atoms with Crippen LogP contribution in [0, 0.1) is 13.8 Å². The molecule has 0 unspecified atom stereocenters. The molecule has 0 radical (unpaired) electrons. The fourth-order valence-corrected chi connectivity index (χ4v) is 2.22. The molecule has 0 saturated carbocycles. The van der Waals surface area contributed by atoms with Gasteiger partial charge in [-0.3, -0.25) is 4.79 Å². The van der Waals surface area contributed by atoms with Crippen molar-refractivity contribution in [3.05, 3.63) is 53.1 Å². The van der Waals surface area contributed by atoms with Crippen LogP contribution in [0.5, 0.6) is 5.75 Å². The van der Waals surface area contributed by atoms with E-state index in [0.29, 0.717) is 23.5 Å². The summed E-state index contributed by atoms with van der Waals surface area (Å²) in [5.41, 5.74) is 9.47. The Hall–Kier alpha value is -3.02. The fraction of sp³-hybridized carbons (Fsp3) is 0.300. The normalized spacial score (nSPS) is 10.3. The van der Waals surface area contributed by atoms with Crippen molar-refractivity contribution >= 4 is 23.3 Å². The Morgan fingerprint density at radius 3 is 2.54 bits per heavy atom. The Kier molecular flexibility index (Phi) is 6.60. The summed E-state index contributed by atoms with van der Waals surface area (Å²) in [5.74, 6) is -0.492. The van der Waals surface area contributed by atoms with Gasteiger partial charge in [-0.2, -0.15) is 0 Å². The number of carbonyl (C=O) groups excluding carboxylic acids is 2. The molecule has 0 aromatic heterocycles. The molecule has 0 fully saturated rings. The van der Waals surface area contributed by atoms with E-state index in [1.807, 2.05) is 39.0 Å². The Morgan fingerprint density at radius 2 is 1.85 bits per heavy atom. The van der Waals surface area contributed by atoms with E-state index in [2.05, 4.69) is 5.32 Å². The number of benzene rings is 2. The van der Waals surface area contributed by atoms with Crippen LogP contribution < -0.4 is 15.8 Å². The molecule has 26 heavy (non-hydrogen) atoms. The van der Waals surface area contributed by atoms with Crippen molar-refractivity contribution in [1.29, 1.82) is 0 Å². The maximum Gasteiger partial charge on any atom is 0.338 e. The Morgan fingerprint density at radius 1 is 1.08 bits per heavy atom. The number of hydrogen-bond acceptors (Lipinski definition) is 5. The average Bonchev–Trinajstić information content (AvgIpc) is 2.62. The van der Waals surface area contributed by atoms with Crippen LogP contribution in [0.1, 0.15) is 34.8 Å². The van der Waals surface area contributed by atoms with Crippen LogP contribution in [-0.2, 0) is 9.53 Å². The first-order chi connectivity index (χ1) is 12.4. The summed E-state index contributed by atoms with van der Waals surface area (Å²) in [6, 6.07) is 10.3. The maximum absolute atomic E-state index is 12.1. The summed E-state index contributed by atoms with van der Waals surface area (Å²) in [7, 11) is 0. The van der Waals surface area contributed by atoms with Gasteiger partial charge in [0.25, 0.3) is 5.91 Å². The maximum atomic E-state index is 12.1. The third-order valence-electron chi connectivity index (χ3n) is 3.84. The molecule has 0 saturated heterocycles. The Labute approximate surface area is 153 Å². The van der Waals surface area contributed by atoms with E-state index in [1.54, 1.807) is 12.1 Å². The number of rotatable bonds is 7. The topological polar surface area (TPSA) is 90.7 Å². The molecule has 0 bridgehead atoms. The van der Waals surface area contributed by atoms with E-state index in [9.17, 15) is 9.59 Å². The monoisotopic (exact) mass is 356 g/mol. The molecule has 0 aliphatic carbocycles. The minimum Gasteiger partial charge on any atom is -0.482 e. The van der Waals surface area contributed by atoms with Crippen LogP contribution >= 0.6 is 0 Å². The van der Waals surface area contributed by atoms with Crippen molar-refractivity contribution in [1.82, 2.24) is 0 Å². The molecule has 0 spiro atoms. The van der Waals surface area contributed by atoms with Gasteiger partial charge in [0.1, 0.15) is 5.75 Å². The van der Waals surface area contributed by atoms with E-state index in [1.165, 1.54) is 6.07 Å². The number of carbonyl (C=O) groups is 2. The zero-order chi connectivity index (χ0) is 19.1. The van der Waals surface area contributed by atoms with Gasteiger partial charge in [0.05, 0.1) is 17.9 Å². The first kappa shape index (κ1) is 19.3. The smallest absolute Gasteiger partial charge is 0.338 e. The number of nitrogen functional groups attached to an aromatic ring is 1. The lowest BCUT2D eigenvalue weighted by molar-refractivity contribution is -0.118. The van der Waals surface area contributed by atoms with Gasteiger partial charge >= 0.3 is 5.97 Å². The molecular weight excluding hydrogens is 332 g/mol. The summed E-state index contributed by atoms with van der Waals surface area (Å²) >= 11 is 0. The number of hydrogen-bond donors (Lipinski definition) is 2. The number of nitrogens with two attached hydrogens (primary N) is 1. The first-order valence-corrected chi connectivity index (χ1v) is 8.47. The molecule has 0 aliphatic rings. The number of aryl methyl sites for hydroxylation is 2. The molecule has 0 heterocycles. The summed E-state index contributed by atoms with van der Waals surface area (Å²) in [5, 5.41) is 2.77. The van der Waals surface area contributed by atoms with E-state index >= 15 is 0 Å².